The third-order valence-electron chi connectivity index (χ3n) is 4.59. The molecule has 2 aliphatic heterocycles. The SMILES string of the molecule is CC1(CNC2CCNCC2)CCCN(C(=O)OC(C)(C)C)C1. The van der Waals surface area contributed by atoms with Gasteiger partial charge in [-0.1, -0.05) is 6.92 Å². The van der Waals surface area contributed by atoms with Crippen LogP contribution in [0.4, 0.5) is 4.79 Å². The third-order valence-corrected chi connectivity index (χ3v) is 4.59. The summed E-state index contributed by atoms with van der Waals surface area (Å²) in [6, 6.07) is 0.620. The smallest absolute Gasteiger partial charge is 0.410 e. The van der Waals surface area contributed by atoms with Gasteiger partial charge in [0.15, 0.2) is 0 Å². The molecule has 128 valence electrons. The van der Waals surface area contributed by atoms with Crippen molar-refractivity contribution in [2.24, 2.45) is 5.41 Å². The Hall–Kier alpha value is -0.810. The van der Waals surface area contributed by atoms with E-state index in [0.29, 0.717) is 6.04 Å². The first kappa shape index (κ1) is 17.5. The molecule has 2 N–H and O–H groups in total. The third kappa shape index (κ3) is 5.43. The van der Waals surface area contributed by atoms with Gasteiger partial charge in [0.25, 0.3) is 0 Å². The van der Waals surface area contributed by atoms with Gasteiger partial charge in [-0.3, -0.25) is 0 Å². The number of piperidine rings is 2. The molecule has 22 heavy (non-hydrogen) atoms. The number of carbonyl (C=O) groups excluding carboxylic acids is 1. The Labute approximate surface area is 135 Å². The Balaban J connectivity index is 1.83. The number of nitrogens with one attached hydrogen (secondary N) is 2. The van der Waals surface area contributed by atoms with E-state index in [1.807, 2.05) is 25.7 Å². The van der Waals surface area contributed by atoms with Gasteiger partial charge in [0, 0.05) is 25.7 Å². The molecule has 0 spiro atoms. The van der Waals surface area contributed by atoms with Crippen LogP contribution in [0.3, 0.4) is 0 Å². The maximum atomic E-state index is 12.3. The number of carbonyl (C=O) groups is 1. The van der Waals surface area contributed by atoms with Gasteiger partial charge in [-0.05, 0) is 65.0 Å². The molecular formula is C17H33N3O2. The Kier molecular flexibility index (Phi) is 5.72. The first-order chi connectivity index (χ1) is 10.3. The molecule has 2 heterocycles. The van der Waals surface area contributed by atoms with Crippen LogP contribution < -0.4 is 10.6 Å². The topological polar surface area (TPSA) is 53.6 Å². The minimum Gasteiger partial charge on any atom is -0.444 e. The van der Waals surface area contributed by atoms with E-state index in [2.05, 4.69) is 17.6 Å². The van der Waals surface area contributed by atoms with Gasteiger partial charge in [0.1, 0.15) is 5.60 Å². The second kappa shape index (κ2) is 7.18. The zero-order chi connectivity index (χ0) is 16.2. The number of likely N-dealkylation sites (tertiary alicyclic amines) is 1. The monoisotopic (exact) mass is 311 g/mol. The van der Waals surface area contributed by atoms with E-state index in [4.69, 9.17) is 4.74 Å². The highest BCUT2D eigenvalue weighted by atomic mass is 16.6. The molecule has 5 heteroatoms. The van der Waals surface area contributed by atoms with Crippen LogP contribution in [0, 0.1) is 5.41 Å². The summed E-state index contributed by atoms with van der Waals surface area (Å²) in [7, 11) is 0. The highest BCUT2D eigenvalue weighted by Crippen LogP contribution is 2.30. The summed E-state index contributed by atoms with van der Waals surface area (Å²) in [5.41, 5.74) is -0.266. The van der Waals surface area contributed by atoms with E-state index in [-0.39, 0.29) is 11.5 Å². The van der Waals surface area contributed by atoms with E-state index in [9.17, 15) is 4.79 Å². The highest BCUT2D eigenvalue weighted by Gasteiger charge is 2.35. The molecule has 0 aromatic heterocycles. The molecule has 0 aliphatic carbocycles. The lowest BCUT2D eigenvalue weighted by Gasteiger charge is -2.42. The second-order valence-electron chi connectivity index (χ2n) is 8.22. The Bertz CT molecular complexity index is 375. The summed E-state index contributed by atoms with van der Waals surface area (Å²) in [6.45, 7) is 12.9. The average molecular weight is 311 g/mol. The van der Waals surface area contributed by atoms with E-state index < -0.39 is 5.60 Å². The number of rotatable bonds is 3. The van der Waals surface area contributed by atoms with Gasteiger partial charge in [-0.15, -0.1) is 0 Å². The predicted molar refractivity (Wildman–Crippen MR) is 89.0 cm³/mol. The van der Waals surface area contributed by atoms with Crippen molar-refractivity contribution in [3.8, 4) is 0 Å². The van der Waals surface area contributed by atoms with E-state index in [1.165, 1.54) is 19.3 Å². The van der Waals surface area contributed by atoms with Gasteiger partial charge < -0.3 is 20.3 Å². The van der Waals surface area contributed by atoms with Crippen LogP contribution in [0.5, 0.6) is 0 Å². The quantitative estimate of drug-likeness (QED) is 0.840. The van der Waals surface area contributed by atoms with Crippen LogP contribution in [-0.2, 0) is 4.74 Å². The van der Waals surface area contributed by atoms with Gasteiger partial charge in [0.05, 0.1) is 0 Å². The van der Waals surface area contributed by atoms with Crippen LogP contribution >= 0.6 is 0 Å². The number of ether oxygens (including phenoxy) is 1. The molecule has 5 nitrogen and oxygen atoms in total. The van der Waals surface area contributed by atoms with Crippen LogP contribution in [0.2, 0.25) is 0 Å². The highest BCUT2D eigenvalue weighted by molar-refractivity contribution is 5.68. The van der Waals surface area contributed by atoms with Crippen LogP contribution in [-0.4, -0.2) is 55.4 Å². The molecule has 0 radical (unpaired) electrons. The lowest BCUT2D eigenvalue weighted by molar-refractivity contribution is 0.00636. The first-order valence-electron chi connectivity index (χ1n) is 8.69. The lowest BCUT2D eigenvalue weighted by Crippen LogP contribution is -2.52. The summed E-state index contributed by atoms with van der Waals surface area (Å²) in [5, 5.41) is 7.12. The average Bonchev–Trinajstić information content (AvgIpc) is 2.45. The van der Waals surface area contributed by atoms with Gasteiger partial charge >= 0.3 is 6.09 Å². The van der Waals surface area contributed by atoms with Crippen molar-refractivity contribution in [1.82, 2.24) is 15.5 Å². The van der Waals surface area contributed by atoms with Crippen molar-refractivity contribution in [2.75, 3.05) is 32.7 Å². The summed E-state index contributed by atoms with van der Waals surface area (Å²) in [6.07, 6.45) is 4.46. The van der Waals surface area contributed by atoms with Crippen molar-refractivity contribution in [1.29, 1.82) is 0 Å². The molecule has 0 aromatic carbocycles. The fourth-order valence-electron chi connectivity index (χ4n) is 3.36. The normalized spacial score (nSPS) is 27.7. The number of amides is 1. The molecule has 2 rings (SSSR count). The minimum atomic E-state index is -0.418. The minimum absolute atomic E-state index is 0.153. The summed E-state index contributed by atoms with van der Waals surface area (Å²) in [4.78, 5) is 14.2. The second-order valence-corrected chi connectivity index (χ2v) is 8.22. The van der Waals surface area contributed by atoms with Gasteiger partial charge in [0.2, 0.25) is 0 Å². The molecule has 2 saturated heterocycles. The number of hydrogen-bond donors (Lipinski definition) is 2. The fourth-order valence-corrected chi connectivity index (χ4v) is 3.36. The van der Waals surface area contributed by atoms with Gasteiger partial charge in [-0.25, -0.2) is 4.79 Å². The van der Waals surface area contributed by atoms with Gasteiger partial charge in [-0.2, -0.15) is 0 Å². The molecule has 1 unspecified atom stereocenters. The van der Waals surface area contributed by atoms with Crippen LogP contribution in [0.15, 0.2) is 0 Å². The van der Waals surface area contributed by atoms with Crippen LogP contribution in [0.1, 0.15) is 53.4 Å². The maximum absolute atomic E-state index is 12.3. The molecule has 0 bridgehead atoms. The standard InChI is InChI=1S/C17H33N3O2/c1-16(2,3)22-15(21)20-11-5-8-17(4,13-20)12-19-14-6-9-18-10-7-14/h14,18-19H,5-13H2,1-4H3. The largest absolute Gasteiger partial charge is 0.444 e. The lowest BCUT2D eigenvalue weighted by atomic mass is 9.81. The predicted octanol–water partition coefficient (Wildman–Crippen LogP) is 2.37. The Morgan fingerprint density at radius 1 is 1.36 bits per heavy atom. The summed E-state index contributed by atoms with van der Waals surface area (Å²) in [5.74, 6) is 0. The van der Waals surface area contributed by atoms with Crippen molar-refractivity contribution in [3.63, 3.8) is 0 Å². The summed E-state index contributed by atoms with van der Waals surface area (Å²) < 4.78 is 5.52. The molecule has 1 amide bonds. The van der Waals surface area contributed by atoms with E-state index in [0.717, 1.165) is 39.1 Å². The van der Waals surface area contributed by atoms with Crippen molar-refractivity contribution in [3.05, 3.63) is 0 Å². The molecule has 2 aliphatic rings. The van der Waals surface area contributed by atoms with Crippen molar-refractivity contribution < 1.29 is 9.53 Å². The number of nitrogens with zero attached hydrogens (tertiary/aromatic N) is 1. The van der Waals surface area contributed by atoms with E-state index >= 15 is 0 Å². The van der Waals surface area contributed by atoms with Crippen molar-refractivity contribution >= 4 is 6.09 Å². The molecule has 1 atom stereocenters. The molecular weight excluding hydrogens is 278 g/mol. The Morgan fingerprint density at radius 3 is 2.68 bits per heavy atom. The van der Waals surface area contributed by atoms with E-state index in [1.54, 1.807) is 0 Å². The number of hydrogen-bond acceptors (Lipinski definition) is 4. The first-order valence-corrected chi connectivity index (χ1v) is 8.69. The molecule has 2 fully saturated rings. The summed E-state index contributed by atoms with van der Waals surface area (Å²) >= 11 is 0. The Morgan fingerprint density at radius 2 is 2.05 bits per heavy atom. The zero-order valence-electron chi connectivity index (χ0n) is 14.7. The van der Waals surface area contributed by atoms with Crippen LogP contribution in [0.25, 0.3) is 0 Å². The van der Waals surface area contributed by atoms with Crippen molar-refractivity contribution in [2.45, 2.75) is 65.0 Å². The molecule has 0 aromatic rings. The maximum Gasteiger partial charge on any atom is 0.410 e. The fraction of sp³-hybridized carbons (Fsp3) is 0.941. The zero-order valence-corrected chi connectivity index (χ0v) is 14.7. The molecule has 0 saturated carbocycles.